The van der Waals surface area contributed by atoms with E-state index in [1.807, 2.05) is 0 Å². The van der Waals surface area contributed by atoms with Gasteiger partial charge in [0.1, 0.15) is 11.6 Å². The van der Waals surface area contributed by atoms with Crippen molar-refractivity contribution in [2.45, 2.75) is 0 Å². The second kappa shape index (κ2) is 2.41. The van der Waals surface area contributed by atoms with Gasteiger partial charge in [-0.2, -0.15) is 0 Å². The van der Waals surface area contributed by atoms with E-state index in [1.54, 1.807) is 24.3 Å². The Morgan fingerprint density at radius 3 is 1.50 bits per heavy atom. The molecule has 0 spiro atoms. The van der Waals surface area contributed by atoms with Crippen molar-refractivity contribution in [1.29, 1.82) is 0 Å². The Kier molecular flexibility index (Phi) is 1.32. The van der Waals surface area contributed by atoms with Crippen LogP contribution in [0.1, 0.15) is 0 Å². The lowest BCUT2D eigenvalue weighted by atomic mass is 9.80. The van der Waals surface area contributed by atoms with E-state index in [-0.39, 0.29) is 11.6 Å². The molecule has 0 N–H and O–H groups in total. The summed E-state index contributed by atoms with van der Waals surface area (Å²) < 4.78 is 26.6. The molecule has 68 valence electrons. The second-order valence-electron chi connectivity index (χ2n) is 3.32. The van der Waals surface area contributed by atoms with Gasteiger partial charge in [-0.05, 0) is 23.3 Å². The molecule has 0 saturated heterocycles. The third-order valence-corrected chi connectivity index (χ3v) is 2.57. The summed E-state index contributed by atoms with van der Waals surface area (Å²) in [7, 11) is 0. The standard InChI is InChI=1S/C12H6F2/c13-9-5-1-3-7-11(9)8-4-2-6-10(14)12(7)8/h1-6H. The van der Waals surface area contributed by atoms with Gasteiger partial charge in [-0.1, -0.05) is 24.3 Å². The zero-order chi connectivity index (χ0) is 9.71. The van der Waals surface area contributed by atoms with Crippen molar-refractivity contribution in [3.05, 3.63) is 48.0 Å². The van der Waals surface area contributed by atoms with Gasteiger partial charge in [-0.3, -0.25) is 0 Å². The molecule has 0 atom stereocenters. The average molecular weight is 188 g/mol. The van der Waals surface area contributed by atoms with Crippen LogP contribution in [-0.2, 0) is 0 Å². The first-order valence-electron chi connectivity index (χ1n) is 4.37. The molecule has 14 heavy (non-hydrogen) atoms. The molecule has 1 aliphatic rings. The summed E-state index contributed by atoms with van der Waals surface area (Å²) in [6.07, 6.45) is 0. The van der Waals surface area contributed by atoms with E-state index in [2.05, 4.69) is 0 Å². The summed E-state index contributed by atoms with van der Waals surface area (Å²) in [5, 5.41) is 0. The van der Waals surface area contributed by atoms with Crippen LogP contribution < -0.4 is 0 Å². The van der Waals surface area contributed by atoms with Gasteiger partial charge < -0.3 is 0 Å². The maximum Gasteiger partial charge on any atom is 0.131 e. The monoisotopic (exact) mass is 188 g/mol. The van der Waals surface area contributed by atoms with Crippen molar-refractivity contribution in [2.24, 2.45) is 0 Å². The lowest BCUT2D eigenvalue weighted by Gasteiger charge is -2.24. The van der Waals surface area contributed by atoms with Crippen LogP contribution in [0.2, 0.25) is 0 Å². The highest BCUT2D eigenvalue weighted by Crippen LogP contribution is 2.49. The number of fused-ring (bicyclic) bond motifs is 4. The van der Waals surface area contributed by atoms with Gasteiger partial charge >= 0.3 is 0 Å². The molecule has 0 saturated carbocycles. The zero-order valence-electron chi connectivity index (χ0n) is 7.22. The predicted molar refractivity (Wildman–Crippen MR) is 50.8 cm³/mol. The Bertz CT molecular complexity index is 466. The second-order valence-corrected chi connectivity index (χ2v) is 3.32. The molecule has 2 heteroatoms. The lowest BCUT2D eigenvalue weighted by molar-refractivity contribution is 0.621. The largest absolute Gasteiger partial charge is 0.206 e. The number of hydrogen-bond donors (Lipinski definition) is 0. The van der Waals surface area contributed by atoms with E-state index >= 15 is 0 Å². The Labute approximate surface area is 79.8 Å². The molecule has 0 fully saturated rings. The first-order chi connectivity index (χ1) is 6.79. The van der Waals surface area contributed by atoms with Gasteiger partial charge in [0.25, 0.3) is 0 Å². The summed E-state index contributed by atoms with van der Waals surface area (Å²) in [4.78, 5) is 0. The number of rotatable bonds is 0. The topological polar surface area (TPSA) is 0 Å². The summed E-state index contributed by atoms with van der Waals surface area (Å²) in [5.74, 6) is -0.554. The van der Waals surface area contributed by atoms with Crippen molar-refractivity contribution in [3.63, 3.8) is 0 Å². The van der Waals surface area contributed by atoms with Gasteiger partial charge in [-0.15, -0.1) is 0 Å². The van der Waals surface area contributed by atoms with Crippen LogP contribution in [-0.4, -0.2) is 0 Å². The van der Waals surface area contributed by atoms with Gasteiger partial charge in [0, 0.05) is 11.1 Å². The lowest BCUT2D eigenvalue weighted by Crippen LogP contribution is -2.03. The quantitative estimate of drug-likeness (QED) is 0.505. The van der Waals surface area contributed by atoms with E-state index in [0.29, 0.717) is 22.3 Å². The van der Waals surface area contributed by atoms with E-state index in [9.17, 15) is 8.78 Å². The molecule has 0 aromatic heterocycles. The fourth-order valence-electron chi connectivity index (χ4n) is 1.95. The van der Waals surface area contributed by atoms with E-state index in [1.165, 1.54) is 12.1 Å². The van der Waals surface area contributed by atoms with Crippen LogP contribution in [0.5, 0.6) is 0 Å². The molecule has 2 aromatic carbocycles. The Morgan fingerprint density at radius 1 is 0.643 bits per heavy atom. The Balaban J connectivity index is 2.36. The Morgan fingerprint density at radius 2 is 1.07 bits per heavy atom. The molecule has 0 nitrogen and oxygen atoms in total. The molecular formula is C12H6F2. The fraction of sp³-hybridized carbons (Fsp3) is 0. The summed E-state index contributed by atoms with van der Waals surface area (Å²) in [6.45, 7) is 0. The first kappa shape index (κ1) is 7.68. The van der Waals surface area contributed by atoms with E-state index in [4.69, 9.17) is 0 Å². The van der Waals surface area contributed by atoms with Crippen molar-refractivity contribution in [2.75, 3.05) is 0 Å². The van der Waals surface area contributed by atoms with Gasteiger partial charge in [0.2, 0.25) is 0 Å². The number of hydrogen-bond acceptors (Lipinski definition) is 0. The van der Waals surface area contributed by atoms with Crippen LogP contribution in [0.3, 0.4) is 0 Å². The van der Waals surface area contributed by atoms with Crippen LogP contribution in [0.4, 0.5) is 8.78 Å². The van der Waals surface area contributed by atoms with Crippen LogP contribution in [0, 0.1) is 11.6 Å². The normalized spacial score (nSPS) is 11.6. The van der Waals surface area contributed by atoms with Crippen molar-refractivity contribution >= 4 is 0 Å². The summed E-state index contributed by atoms with van der Waals surface area (Å²) >= 11 is 0. The Hall–Kier alpha value is -1.70. The molecule has 0 bridgehead atoms. The fourth-order valence-corrected chi connectivity index (χ4v) is 1.95. The number of benzene rings is 2. The van der Waals surface area contributed by atoms with Gasteiger partial charge in [-0.25, -0.2) is 8.78 Å². The predicted octanol–water partition coefficient (Wildman–Crippen LogP) is 3.61. The molecule has 3 rings (SSSR count). The molecule has 0 amide bonds. The average Bonchev–Trinajstić information content (AvgIpc) is 2.13. The SMILES string of the molecule is Fc1cccc2c1-c1cccc(F)c1-2. The molecule has 2 aromatic rings. The van der Waals surface area contributed by atoms with Crippen LogP contribution >= 0.6 is 0 Å². The van der Waals surface area contributed by atoms with Crippen molar-refractivity contribution in [1.82, 2.24) is 0 Å². The van der Waals surface area contributed by atoms with Gasteiger partial charge in [0.15, 0.2) is 0 Å². The molecule has 0 heterocycles. The highest BCUT2D eigenvalue weighted by molar-refractivity contribution is 6.02. The van der Waals surface area contributed by atoms with E-state index < -0.39 is 0 Å². The summed E-state index contributed by atoms with van der Waals surface area (Å²) in [5.41, 5.74) is 2.44. The molecular weight excluding hydrogens is 182 g/mol. The molecule has 0 unspecified atom stereocenters. The highest BCUT2D eigenvalue weighted by atomic mass is 19.1. The molecule has 0 aliphatic heterocycles. The third-order valence-electron chi connectivity index (χ3n) is 2.57. The maximum absolute atomic E-state index is 13.3. The van der Waals surface area contributed by atoms with Crippen molar-refractivity contribution < 1.29 is 8.78 Å². The minimum absolute atomic E-state index is 0.277. The highest BCUT2D eigenvalue weighted by Gasteiger charge is 2.27. The minimum atomic E-state index is -0.277. The van der Waals surface area contributed by atoms with E-state index in [0.717, 1.165) is 0 Å². The molecule has 0 radical (unpaired) electrons. The molecule has 1 aliphatic carbocycles. The number of halogens is 2. The maximum atomic E-state index is 13.3. The van der Waals surface area contributed by atoms with Crippen molar-refractivity contribution in [3.8, 4) is 22.3 Å². The van der Waals surface area contributed by atoms with Gasteiger partial charge in [0.05, 0.1) is 0 Å². The van der Waals surface area contributed by atoms with Crippen LogP contribution in [0.15, 0.2) is 36.4 Å². The smallest absolute Gasteiger partial charge is 0.131 e. The summed E-state index contributed by atoms with van der Waals surface area (Å²) in [6, 6.07) is 9.47. The first-order valence-corrected chi connectivity index (χ1v) is 4.37. The minimum Gasteiger partial charge on any atom is -0.206 e. The zero-order valence-corrected chi connectivity index (χ0v) is 7.22. The third kappa shape index (κ3) is 0.757. The van der Waals surface area contributed by atoms with Crippen LogP contribution in [0.25, 0.3) is 22.3 Å².